The Hall–Kier alpha value is -1.68. The molecule has 3 nitrogen and oxygen atoms in total. The third-order valence-corrected chi connectivity index (χ3v) is 2.31. The van der Waals surface area contributed by atoms with Crippen molar-refractivity contribution >= 4 is 0 Å². The van der Waals surface area contributed by atoms with Crippen LogP contribution in [0, 0.1) is 12.7 Å². The van der Waals surface area contributed by atoms with Gasteiger partial charge >= 0.3 is 0 Å². The second-order valence-corrected chi connectivity index (χ2v) is 3.64. The zero-order valence-corrected chi connectivity index (χ0v) is 8.90. The van der Waals surface area contributed by atoms with E-state index < -0.39 is 0 Å². The summed E-state index contributed by atoms with van der Waals surface area (Å²) in [5.41, 5.74) is 1.98. The number of aryl methyl sites for hydroxylation is 1. The summed E-state index contributed by atoms with van der Waals surface area (Å²) in [6.45, 7) is 1.89. The third-order valence-electron chi connectivity index (χ3n) is 2.31. The molecule has 2 rings (SSSR count). The zero-order valence-electron chi connectivity index (χ0n) is 8.90. The van der Waals surface area contributed by atoms with Crippen LogP contribution in [0.4, 0.5) is 4.39 Å². The molecule has 1 aromatic carbocycles. The molecule has 4 heteroatoms. The second kappa shape index (κ2) is 4.45. The molecule has 1 aromatic heterocycles. The van der Waals surface area contributed by atoms with Crippen molar-refractivity contribution in [3.63, 3.8) is 0 Å². The van der Waals surface area contributed by atoms with Crippen LogP contribution in [0.2, 0.25) is 0 Å². The Morgan fingerprint density at radius 2 is 2.19 bits per heavy atom. The van der Waals surface area contributed by atoms with Crippen molar-refractivity contribution in [3.05, 3.63) is 41.3 Å². The maximum atomic E-state index is 13.5. The first-order chi connectivity index (χ1) is 7.70. The molecule has 84 valence electrons. The van der Waals surface area contributed by atoms with E-state index in [1.54, 1.807) is 18.2 Å². The smallest absolute Gasteiger partial charge is 0.170 e. The summed E-state index contributed by atoms with van der Waals surface area (Å²) in [5.74, 6) is 0.0574. The lowest BCUT2D eigenvalue weighted by Crippen LogP contribution is -1.89. The van der Waals surface area contributed by atoms with Gasteiger partial charge in [0, 0.05) is 19.1 Å². The highest BCUT2D eigenvalue weighted by atomic mass is 19.1. The van der Waals surface area contributed by atoms with Crippen molar-refractivity contribution in [1.82, 2.24) is 5.16 Å². The highest BCUT2D eigenvalue weighted by molar-refractivity contribution is 5.59. The molecule has 0 atom stereocenters. The van der Waals surface area contributed by atoms with Gasteiger partial charge in [0.25, 0.3) is 0 Å². The van der Waals surface area contributed by atoms with E-state index in [-0.39, 0.29) is 12.4 Å². The Bertz CT molecular complexity index is 494. The Morgan fingerprint density at radius 1 is 1.38 bits per heavy atom. The summed E-state index contributed by atoms with van der Waals surface area (Å²) in [4.78, 5) is 0. The molecule has 0 saturated heterocycles. The highest BCUT2D eigenvalue weighted by Crippen LogP contribution is 2.24. The zero-order chi connectivity index (χ0) is 11.5. The minimum absolute atomic E-state index is 0.00225. The van der Waals surface area contributed by atoms with Gasteiger partial charge in [0.1, 0.15) is 5.82 Å². The van der Waals surface area contributed by atoms with Gasteiger partial charge < -0.3 is 9.63 Å². The molecule has 0 unspecified atom stereocenters. The van der Waals surface area contributed by atoms with E-state index in [1.165, 1.54) is 6.07 Å². The molecular weight excluding hydrogens is 209 g/mol. The van der Waals surface area contributed by atoms with E-state index in [2.05, 4.69) is 5.16 Å². The average Bonchev–Trinajstić information content (AvgIpc) is 2.71. The normalized spacial score (nSPS) is 10.7. The predicted molar refractivity (Wildman–Crippen MR) is 57.4 cm³/mol. The van der Waals surface area contributed by atoms with Gasteiger partial charge in [0.05, 0.1) is 11.3 Å². The number of rotatable bonds is 3. The molecule has 1 N–H and O–H groups in total. The lowest BCUT2D eigenvalue weighted by molar-refractivity contribution is 0.294. The summed E-state index contributed by atoms with van der Waals surface area (Å²) in [6.07, 6.45) is 0.414. The van der Waals surface area contributed by atoms with E-state index in [0.29, 0.717) is 23.4 Å². The van der Waals surface area contributed by atoms with E-state index in [0.717, 1.165) is 5.56 Å². The fourth-order valence-corrected chi connectivity index (χ4v) is 1.50. The molecule has 0 bridgehead atoms. The molecule has 0 amide bonds. The van der Waals surface area contributed by atoms with Crippen LogP contribution >= 0.6 is 0 Å². The number of halogens is 1. The number of nitrogens with zero attached hydrogens (tertiary/aromatic N) is 1. The first kappa shape index (κ1) is 10.8. The summed E-state index contributed by atoms with van der Waals surface area (Å²) < 4.78 is 18.6. The topological polar surface area (TPSA) is 46.3 Å². The third kappa shape index (κ3) is 2.12. The highest BCUT2D eigenvalue weighted by Gasteiger charge is 2.11. The molecule has 0 fully saturated rings. The summed E-state index contributed by atoms with van der Waals surface area (Å²) in [7, 11) is 0. The summed E-state index contributed by atoms with van der Waals surface area (Å²) in [5, 5.41) is 12.5. The van der Waals surface area contributed by atoms with Gasteiger partial charge in [-0.25, -0.2) is 4.39 Å². The van der Waals surface area contributed by atoms with Crippen molar-refractivity contribution in [3.8, 4) is 11.3 Å². The quantitative estimate of drug-likeness (QED) is 0.865. The lowest BCUT2D eigenvalue weighted by atomic mass is 10.1. The number of hydrogen-bond acceptors (Lipinski definition) is 3. The maximum Gasteiger partial charge on any atom is 0.170 e. The first-order valence-corrected chi connectivity index (χ1v) is 5.03. The summed E-state index contributed by atoms with van der Waals surface area (Å²) >= 11 is 0. The number of aliphatic hydroxyl groups excluding tert-OH is 1. The van der Waals surface area contributed by atoms with Crippen molar-refractivity contribution in [1.29, 1.82) is 0 Å². The monoisotopic (exact) mass is 221 g/mol. The van der Waals surface area contributed by atoms with Crippen LogP contribution < -0.4 is 0 Å². The minimum Gasteiger partial charge on any atom is -0.396 e. The van der Waals surface area contributed by atoms with Gasteiger partial charge in [-0.3, -0.25) is 0 Å². The van der Waals surface area contributed by atoms with Crippen molar-refractivity contribution in [2.24, 2.45) is 0 Å². The van der Waals surface area contributed by atoms with Crippen LogP contribution in [-0.4, -0.2) is 16.9 Å². The van der Waals surface area contributed by atoms with Crippen molar-refractivity contribution in [2.45, 2.75) is 13.3 Å². The van der Waals surface area contributed by atoms with E-state index in [9.17, 15) is 4.39 Å². The van der Waals surface area contributed by atoms with Crippen LogP contribution in [0.3, 0.4) is 0 Å². The van der Waals surface area contributed by atoms with Gasteiger partial charge in [0.15, 0.2) is 5.76 Å². The van der Waals surface area contributed by atoms with Crippen molar-refractivity contribution in [2.75, 3.05) is 6.61 Å². The molecule has 2 aromatic rings. The Balaban J connectivity index is 2.38. The van der Waals surface area contributed by atoms with E-state index >= 15 is 0 Å². The van der Waals surface area contributed by atoms with Gasteiger partial charge in [-0.2, -0.15) is 0 Å². The van der Waals surface area contributed by atoms with Crippen molar-refractivity contribution < 1.29 is 14.0 Å². The van der Waals surface area contributed by atoms with E-state index in [4.69, 9.17) is 9.63 Å². The van der Waals surface area contributed by atoms with Crippen LogP contribution in [0.15, 0.2) is 28.8 Å². The maximum absolute atomic E-state index is 13.5. The Kier molecular flexibility index (Phi) is 3.01. The van der Waals surface area contributed by atoms with Crippen LogP contribution in [-0.2, 0) is 6.42 Å². The van der Waals surface area contributed by atoms with Gasteiger partial charge in [-0.15, -0.1) is 0 Å². The Morgan fingerprint density at radius 3 is 2.94 bits per heavy atom. The van der Waals surface area contributed by atoms with Gasteiger partial charge in [-0.1, -0.05) is 16.8 Å². The predicted octanol–water partition coefficient (Wildman–Crippen LogP) is 2.32. The van der Waals surface area contributed by atoms with Crippen LogP contribution in [0.25, 0.3) is 11.3 Å². The molecule has 1 heterocycles. The largest absolute Gasteiger partial charge is 0.396 e. The van der Waals surface area contributed by atoms with E-state index in [1.807, 2.05) is 6.92 Å². The van der Waals surface area contributed by atoms with Gasteiger partial charge in [0.2, 0.25) is 0 Å². The molecule has 0 radical (unpaired) electrons. The molecule has 0 saturated carbocycles. The first-order valence-electron chi connectivity index (χ1n) is 5.03. The number of aromatic nitrogens is 1. The minimum atomic E-state index is -0.336. The SMILES string of the molecule is Cc1ccc(F)c(-c2cc(CCO)no2)c1. The average molecular weight is 221 g/mol. The Labute approximate surface area is 92.5 Å². The van der Waals surface area contributed by atoms with Crippen LogP contribution in [0.1, 0.15) is 11.3 Å². The number of benzene rings is 1. The lowest BCUT2D eigenvalue weighted by Gasteiger charge is -1.99. The molecule has 0 aliphatic heterocycles. The van der Waals surface area contributed by atoms with Crippen LogP contribution in [0.5, 0.6) is 0 Å². The van der Waals surface area contributed by atoms with Gasteiger partial charge in [-0.05, 0) is 19.1 Å². The number of hydrogen-bond donors (Lipinski definition) is 1. The fourth-order valence-electron chi connectivity index (χ4n) is 1.50. The standard InChI is InChI=1S/C12H12FNO2/c1-8-2-3-11(13)10(6-8)12-7-9(4-5-15)14-16-12/h2-3,6-7,15H,4-5H2,1H3. The molecule has 16 heavy (non-hydrogen) atoms. The fraction of sp³-hybridized carbons (Fsp3) is 0.250. The molecular formula is C12H12FNO2. The second-order valence-electron chi connectivity index (χ2n) is 3.64. The molecule has 0 spiro atoms. The molecule has 0 aliphatic carbocycles. The molecule has 0 aliphatic rings. The number of aliphatic hydroxyl groups is 1. The summed E-state index contributed by atoms with van der Waals surface area (Å²) in [6, 6.07) is 6.45.